The standard InChI is InChI=1S/C21H29N5O2S2/c27-20-11-15-14-29-10-5-17(15)24-26(20)8-7-25-6-2-1-3-16(25)12-22-21-23-18-4-9-28-13-19(18)30-21/h11,16H,1-10,12-14H2,(H,22,23). The Hall–Kier alpha value is -1.42. The molecular weight excluding hydrogens is 418 g/mol. The number of ether oxygens (including phenoxy) is 1. The van der Waals surface area contributed by atoms with E-state index in [0.29, 0.717) is 19.2 Å². The topological polar surface area (TPSA) is 72.3 Å². The molecule has 0 bridgehead atoms. The van der Waals surface area contributed by atoms with Crippen LogP contribution in [0.4, 0.5) is 5.13 Å². The number of thioether (sulfide) groups is 1. The van der Waals surface area contributed by atoms with Crippen molar-refractivity contribution < 1.29 is 4.74 Å². The molecule has 1 unspecified atom stereocenters. The van der Waals surface area contributed by atoms with Crippen molar-refractivity contribution in [2.24, 2.45) is 0 Å². The van der Waals surface area contributed by atoms with Gasteiger partial charge in [-0.15, -0.1) is 0 Å². The molecule has 5 rings (SSSR count). The van der Waals surface area contributed by atoms with Gasteiger partial charge >= 0.3 is 0 Å². The maximum atomic E-state index is 12.5. The number of fused-ring (bicyclic) bond motifs is 2. The Labute approximate surface area is 185 Å². The second-order valence-electron chi connectivity index (χ2n) is 8.24. The molecule has 2 aromatic rings. The van der Waals surface area contributed by atoms with Gasteiger partial charge in [0.1, 0.15) is 0 Å². The number of piperidine rings is 1. The van der Waals surface area contributed by atoms with Crippen LogP contribution in [0.1, 0.15) is 41.1 Å². The fraction of sp³-hybridized carbons (Fsp3) is 0.667. The maximum absolute atomic E-state index is 12.5. The number of rotatable bonds is 6. The molecule has 9 heteroatoms. The molecule has 1 fully saturated rings. The van der Waals surface area contributed by atoms with Gasteiger partial charge in [-0.25, -0.2) is 9.67 Å². The number of nitrogens with zero attached hydrogens (tertiary/aromatic N) is 4. The largest absolute Gasteiger partial charge is 0.375 e. The molecule has 1 saturated heterocycles. The molecule has 0 radical (unpaired) electrons. The van der Waals surface area contributed by atoms with E-state index < -0.39 is 0 Å². The second kappa shape index (κ2) is 9.38. The van der Waals surface area contributed by atoms with Crippen molar-refractivity contribution in [1.82, 2.24) is 19.7 Å². The molecule has 0 saturated carbocycles. The fourth-order valence-electron chi connectivity index (χ4n) is 4.53. The van der Waals surface area contributed by atoms with Crippen molar-refractivity contribution in [2.75, 3.05) is 37.3 Å². The van der Waals surface area contributed by atoms with E-state index in [1.54, 1.807) is 22.1 Å². The summed E-state index contributed by atoms with van der Waals surface area (Å²) >= 11 is 3.61. The predicted octanol–water partition coefficient (Wildman–Crippen LogP) is 2.53. The Bertz CT molecular complexity index is 920. The molecule has 3 aliphatic rings. The molecule has 1 N–H and O–H groups in total. The molecular formula is C21H29N5O2S2. The normalized spacial score (nSPS) is 21.8. The number of hydrogen-bond acceptors (Lipinski definition) is 8. The first-order valence-corrected chi connectivity index (χ1v) is 13.0. The van der Waals surface area contributed by atoms with E-state index in [0.717, 1.165) is 67.0 Å². The summed E-state index contributed by atoms with van der Waals surface area (Å²) in [4.78, 5) is 21.0. The molecule has 7 nitrogen and oxygen atoms in total. The average Bonchev–Trinajstić information content (AvgIpc) is 3.20. The lowest BCUT2D eigenvalue weighted by Gasteiger charge is -2.35. The van der Waals surface area contributed by atoms with Crippen molar-refractivity contribution in [2.45, 2.75) is 57.1 Å². The highest BCUT2D eigenvalue weighted by Crippen LogP contribution is 2.27. The first-order chi connectivity index (χ1) is 14.8. The number of likely N-dealkylation sites (tertiary alicyclic amines) is 1. The van der Waals surface area contributed by atoms with E-state index in [-0.39, 0.29) is 5.56 Å². The molecule has 162 valence electrons. The van der Waals surface area contributed by atoms with Crippen LogP contribution < -0.4 is 10.9 Å². The van der Waals surface area contributed by atoms with Crippen LogP contribution >= 0.6 is 23.1 Å². The molecule has 0 spiro atoms. The van der Waals surface area contributed by atoms with Gasteiger partial charge in [0.25, 0.3) is 5.56 Å². The van der Waals surface area contributed by atoms with E-state index in [1.165, 1.54) is 29.8 Å². The fourth-order valence-corrected chi connectivity index (χ4v) is 6.43. The highest BCUT2D eigenvalue weighted by Gasteiger charge is 2.23. The average molecular weight is 448 g/mol. The molecule has 2 aromatic heterocycles. The highest BCUT2D eigenvalue weighted by molar-refractivity contribution is 7.98. The second-order valence-corrected chi connectivity index (χ2v) is 10.4. The minimum absolute atomic E-state index is 0.0403. The highest BCUT2D eigenvalue weighted by atomic mass is 32.2. The molecule has 0 amide bonds. The van der Waals surface area contributed by atoms with Crippen LogP contribution in [0, 0.1) is 0 Å². The van der Waals surface area contributed by atoms with Gasteiger partial charge in [0.2, 0.25) is 0 Å². The third kappa shape index (κ3) is 4.59. The molecule has 30 heavy (non-hydrogen) atoms. The summed E-state index contributed by atoms with van der Waals surface area (Å²) in [5.41, 5.74) is 3.48. The van der Waals surface area contributed by atoms with E-state index in [9.17, 15) is 4.79 Å². The van der Waals surface area contributed by atoms with Gasteiger partial charge in [0, 0.05) is 43.8 Å². The van der Waals surface area contributed by atoms with Gasteiger partial charge in [-0.05, 0) is 30.7 Å². The zero-order chi connectivity index (χ0) is 20.3. The Kier molecular flexibility index (Phi) is 6.40. The molecule has 5 heterocycles. The van der Waals surface area contributed by atoms with Crippen molar-refractivity contribution in [1.29, 1.82) is 0 Å². The van der Waals surface area contributed by atoms with Crippen LogP contribution in [0.2, 0.25) is 0 Å². The minimum atomic E-state index is 0.0403. The van der Waals surface area contributed by atoms with Crippen molar-refractivity contribution in [3.63, 3.8) is 0 Å². The minimum Gasteiger partial charge on any atom is -0.375 e. The van der Waals surface area contributed by atoms with Crippen LogP contribution in [0.25, 0.3) is 0 Å². The monoisotopic (exact) mass is 447 g/mol. The zero-order valence-electron chi connectivity index (χ0n) is 17.3. The third-order valence-electron chi connectivity index (χ3n) is 6.24. The summed E-state index contributed by atoms with van der Waals surface area (Å²) in [6, 6.07) is 2.28. The van der Waals surface area contributed by atoms with Gasteiger partial charge in [0.15, 0.2) is 5.13 Å². The number of anilines is 1. The Morgan fingerprint density at radius 2 is 2.20 bits per heavy atom. The Morgan fingerprint density at radius 3 is 3.13 bits per heavy atom. The lowest BCUT2D eigenvalue weighted by molar-refractivity contribution is 0.112. The zero-order valence-corrected chi connectivity index (χ0v) is 18.9. The van der Waals surface area contributed by atoms with Gasteiger partial charge in [-0.2, -0.15) is 16.9 Å². The van der Waals surface area contributed by atoms with E-state index >= 15 is 0 Å². The summed E-state index contributed by atoms with van der Waals surface area (Å²) in [7, 11) is 0. The molecule has 1 atom stereocenters. The van der Waals surface area contributed by atoms with Crippen LogP contribution in [0.5, 0.6) is 0 Å². The predicted molar refractivity (Wildman–Crippen MR) is 122 cm³/mol. The van der Waals surface area contributed by atoms with Gasteiger partial charge < -0.3 is 10.1 Å². The first-order valence-electron chi connectivity index (χ1n) is 11.0. The summed E-state index contributed by atoms with van der Waals surface area (Å²) in [5.74, 6) is 2.02. The van der Waals surface area contributed by atoms with E-state index in [4.69, 9.17) is 9.72 Å². The Morgan fingerprint density at radius 1 is 1.23 bits per heavy atom. The van der Waals surface area contributed by atoms with Gasteiger partial charge in [-0.1, -0.05) is 17.8 Å². The lowest BCUT2D eigenvalue weighted by atomic mass is 10.0. The smallest absolute Gasteiger partial charge is 0.267 e. The summed E-state index contributed by atoms with van der Waals surface area (Å²) in [6.07, 6.45) is 5.57. The summed E-state index contributed by atoms with van der Waals surface area (Å²) in [6.45, 7) is 5.00. The molecule has 3 aliphatic heterocycles. The van der Waals surface area contributed by atoms with Crippen LogP contribution in [-0.2, 0) is 36.5 Å². The van der Waals surface area contributed by atoms with E-state index in [2.05, 4.69) is 15.3 Å². The maximum Gasteiger partial charge on any atom is 0.267 e. The molecule has 0 aromatic carbocycles. The van der Waals surface area contributed by atoms with Gasteiger partial charge in [-0.3, -0.25) is 9.69 Å². The first kappa shape index (κ1) is 20.5. The summed E-state index contributed by atoms with van der Waals surface area (Å²) in [5, 5.41) is 9.27. The van der Waals surface area contributed by atoms with Gasteiger partial charge in [0.05, 0.1) is 36.0 Å². The quantitative estimate of drug-likeness (QED) is 0.729. The summed E-state index contributed by atoms with van der Waals surface area (Å²) < 4.78 is 7.22. The SMILES string of the molecule is O=c1cc2c(nn1CCN1CCCCC1CNc1nc3c(s1)COCC3)CCSC2. The van der Waals surface area contributed by atoms with Crippen molar-refractivity contribution in [3.8, 4) is 0 Å². The molecule has 0 aliphatic carbocycles. The number of thiazole rings is 1. The number of nitrogens with one attached hydrogen (secondary N) is 1. The third-order valence-corrected chi connectivity index (χ3v) is 8.27. The number of aromatic nitrogens is 3. The number of hydrogen-bond donors (Lipinski definition) is 1. The van der Waals surface area contributed by atoms with Crippen LogP contribution in [-0.4, -0.2) is 57.7 Å². The Balaban J connectivity index is 1.20. The van der Waals surface area contributed by atoms with E-state index in [1.807, 2.05) is 11.8 Å². The van der Waals surface area contributed by atoms with Crippen LogP contribution in [0.3, 0.4) is 0 Å². The van der Waals surface area contributed by atoms with Crippen molar-refractivity contribution in [3.05, 3.63) is 38.2 Å². The van der Waals surface area contributed by atoms with Crippen LogP contribution in [0.15, 0.2) is 10.9 Å². The number of aryl methyl sites for hydroxylation is 1. The lowest BCUT2D eigenvalue weighted by Crippen LogP contribution is -2.45. The van der Waals surface area contributed by atoms with Crippen molar-refractivity contribution >= 4 is 28.2 Å².